The lowest BCUT2D eigenvalue weighted by Gasteiger charge is -2.27. The van der Waals surface area contributed by atoms with Gasteiger partial charge in [0, 0.05) is 6.20 Å². The number of nitrogen functional groups attached to an aromatic ring is 1. The van der Waals surface area contributed by atoms with E-state index in [0.717, 1.165) is 32.1 Å². The molecule has 1 unspecified atom stereocenters. The molecule has 224 valence electrons. The first kappa shape index (κ1) is 30.0. The maximum Gasteiger partial charge on any atom is 0.459 e. The average Bonchev–Trinajstić information content (AvgIpc) is 3.52. The Labute approximate surface area is 242 Å². The van der Waals surface area contributed by atoms with Crippen LogP contribution in [0.2, 0.25) is 0 Å². The number of rotatable bonds is 10. The number of ether oxygens (including phenoxy) is 2. The van der Waals surface area contributed by atoms with Crippen LogP contribution in [0.1, 0.15) is 45.3 Å². The van der Waals surface area contributed by atoms with Gasteiger partial charge in [0.25, 0.3) is 0 Å². The number of carbonyl (C=O) groups is 1. The van der Waals surface area contributed by atoms with Crippen LogP contribution in [-0.4, -0.2) is 67.3 Å². The van der Waals surface area contributed by atoms with Crippen LogP contribution in [0.15, 0.2) is 48.9 Å². The van der Waals surface area contributed by atoms with Gasteiger partial charge in [0.15, 0.2) is 11.8 Å². The molecule has 0 spiro atoms. The number of esters is 1. The molecule has 1 aliphatic heterocycles. The van der Waals surface area contributed by atoms with Crippen LogP contribution in [0.5, 0.6) is 5.75 Å². The summed E-state index contributed by atoms with van der Waals surface area (Å²) in [4.78, 5) is 21.0. The monoisotopic (exact) mass is 599 g/mol. The van der Waals surface area contributed by atoms with Crippen LogP contribution in [0.4, 0.5) is 5.82 Å². The minimum absolute atomic E-state index is 0.198. The van der Waals surface area contributed by atoms with Crippen molar-refractivity contribution in [2.45, 2.75) is 75.2 Å². The van der Waals surface area contributed by atoms with Crippen molar-refractivity contribution in [2.75, 3.05) is 12.3 Å². The SMILES string of the molecule is C#C[C@@]1(O)[C@H](O)[C@@H](COP(=O)(N[C@@H](C)C(=O)OC2CCCCC2)Oc2ccccc2)O[C@H]1n1ccc2c(N)ncnc21. The number of terminal acetylenes is 1. The Morgan fingerprint density at radius 2 is 2.02 bits per heavy atom. The number of aliphatic hydroxyl groups is 2. The molecule has 3 heterocycles. The molecule has 14 heteroatoms. The highest BCUT2D eigenvalue weighted by Gasteiger charge is 2.56. The van der Waals surface area contributed by atoms with Crippen molar-refractivity contribution in [3.05, 3.63) is 48.9 Å². The molecule has 2 aliphatic rings. The summed E-state index contributed by atoms with van der Waals surface area (Å²) in [6.45, 7) is 0.966. The fourth-order valence-corrected chi connectivity index (χ4v) is 6.64. The van der Waals surface area contributed by atoms with Crippen LogP contribution in [-0.2, 0) is 23.4 Å². The second-order valence-electron chi connectivity index (χ2n) is 10.4. The Morgan fingerprint density at radius 3 is 2.74 bits per heavy atom. The predicted molar refractivity (Wildman–Crippen MR) is 152 cm³/mol. The molecule has 0 radical (unpaired) electrons. The van der Waals surface area contributed by atoms with Crippen molar-refractivity contribution in [1.29, 1.82) is 0 Å². The number of nitrogens with zero attached hydrogens (tertiary/aromatic N) is 3. The Kier molecular flexibility index (Phi) is 8.84. The highest BCUT2D eigenvalue weighted by Crippen LogP contribution is 2.47. The maximum atomic E-state index is 14.0. The number of nitrogens with one attached hydrogen (secondary N) is 1. The molecule has 6 atom stereocenters. The van der Waals surface area contributed by atoms with E-state index in [0.29, 0.717) is 11.0 Å². The number of aromatic nitrogens is 3. The zero-order chi connectivity index (χ0) is 29.9. The fraction of sp³-hybridized carbons (Fsp3) is 0.464. The van der Waals surface area contributed by atoms with Gasteiger partial charge in [0.2, 0.25) is 0 Å². The van der Waals surface area contributed by atoms with Gasteiger partial charge in [-0.25, -0.2) is 14.5 Å². The summed E-state index contributed by atoms with van der Waals surface area (Å²) in [5.74, 6) is 2.04. The molecule has 1 aliphatic carbocycles. The van der Waals surface area contributed by atoms with Gasteiger partial charge in [-0.1, -0.05) is 30.5 Å². The van der Waals surface area contributed by atoms with E-state index < -0.39 is 50.4 Å². The predicted octanol–water partition coefficient (Wildman–Crippen LogP) is 2.69. The standard InChI is InChI=1S/C28H34N5O8P/c1-3-28(36)23(34)22(40-27(28)33-15-14-21-24(29)30-17-31-25(21)33)16-38-42(37,41-20-12-8-5-9-13-20)32-18(2)26(35)39-19-10-6-4-7-11-19/h1,5,8-9,12-15,17-19,22-23,27,34,36H,4,6-7,10-11,16H2,2H3,(H,32,37)(H2,29,30,31)/t18-,22+,23+,27+,28+,42?/m0/s1. The van der Waals surface area contributed by atoms with Gasteiger partial charge in [0.05, 0.1) is 12.0 Å². The first-order chi connectivity index (χ1) is 20.1. The maximum absolute atomic E-state index is 14.0. The minimum atomic E-state index is -4.28. The third-order valence-electron chi connectivity index (χ3n) is 7.43. The highest BCUT2D eigenvalue weighted by molar-refractivity contribution is 7.52. The van der Waals surface area contributed by atoms with E-state index in [9.17, 15) is 19.6 Å². The van der Waals surface area contributed by atoms with Crippen molar-refractivity contribution >= 4 is 30.6 Å². The van der Waals surface area contributed by atoms with Crippen molar-refractivity contribution in [3.63, 3.8) is 0 Å². The summed E-state index contributed by atoms with van der Waals surface area (Å²) in [6.07, 6.45) is 8.64. The molecule has 1 saturated heterocycles. The molecule has 2 fully saturated rings. The normalized spacial score (nSPS) is 26.8. The van der Waals surface area contributed by atoms with Gasteiger partial charge < -0.3 is 34.5 Å². The van der Waals surface area contributed by atoms with Crippen molar-refractivity contribution in [2.24, 2.45) is 0 Å². The molecule has 42 heavy (non-hydrogen) atoms. The van der Waals surface area contributed by atoms with Crippen LogP contribution < -0.4 is 15.3 Å². The molecule has 5 rings (SSSR count). The van der Waals surface area contributed by atoms with E-state index in [4.69, 9.17) is 30.7 Å². The van der Waals surface area contributed by atoms with Crippen LogP contribution in [0, 0.1) is 12.3 Å². The van der Waals surface area contributed by atoms with Crippen LogP contribution in [0.3, 0.4) is 0 Å². The van der Waals surface area contributed by atoms with E-state index >= 15 is 0 Å². The second kappa shape index (κ2) is 12.4. The molecule has 0 bridgehead atoms. The van der Waals surface area contributed by atoms with E-state index in [1.165, 1.54) is 17.8 Å². The quantitative estimate of drug-likeness (QED) is 0.152. The van der Waals surface area contributed by atoms with Crippen LogP contribution in [0.25, 0.3) is 11.0 Å². The lowest BCUT2D eigenvalue weighted by molar-refractivity contribution is -0.152. The number of nitrogens with two attached hydrogens (primary N) is 1. The second-order valence-corrected chi connectivity index (χ2v) is 12.1. The first-order valence-corrected chi connectivity index (χ1v) is 15.3. The molecular formula is C28H34N5O8P. The van der Waals surface area contributed by atoms with Gasteiger partial charge in [-0.2, -0.15) is 5.09 Å². The van der Waals surface area contributed by atoms with E-state index in [1.54, 1.807) is 42.6 Å². The number of anilines is 1. The molecule has 0 amide bonds. The van der Waals surface area contributed by atoms with Gasteiger partial charge in [0.1, 0.15) is 47.9 Å². The lowest BCUT2D eigenvalue weighted by Crippen LogP contribution is -2.46. The zero-order valence-electron chi connectivity index (χ0n) is 23.0. The Morgan fingerprint density at radius 1 is 1.29 bits per heavy atom. The largest absolute Gasteiger partial charge is 0.461 e. The fourth-order valence-electron chi connectivity index (χ4n) is 5.14. The third kappa shape index (κ3) is 6.15. The van der Waals surface area contributed by atoms with Crippen molar-refractivity contribution in [1.82, 2.24) is 19.6 Å². The number of aliphatic hydroxyl groups excluding tert-OH is 1. The Bertz CT molecular complexity index is 1490. The highest BCUT2D eigenvalue weighted by atomic mass is 31.2. The molecule has 13 nitrogen and oxygen atoms in total. The summed E-state index contributed by atoms with van der Waals surface area (Å²) in [5.41, 5.74) is 4.04. The van der Waals surface area contributed by atoms with Crippen LogP contribution >= 0.6 is 7.75 Å². The molecule has 1 aromatic carbocycles. The number of para-hydroxylation sites is 1. The molecule has 1 saturated carbocycles. The van der Waals surface area contributed by atoms with Gasteiger partial charge in [-0.3, -0.25) is 9.32 Å². The van der Waals surface area contributed by atoms with E-state index in [2.05, 4.69) is 21.0 Å². The Hall–Kier alpha value is -3.50. The van der Waals surface area contributed by atoms with Gasteiger partial charge in [-0.15, -0.1) is 6.42 Å². The summed E-state index contributed by atoms with van der Waals surface area (Å²) < 4.78 is 38.4. The molecule has 5 N–H and O–H groups in total. The third-order valence-corrected chi connectivity index (χ3v) is 9.07. The topological polar surface area (TPSA) is 180 Å². The van der Waals surface area contributed by atoms with Crippen molar-refractivity contribution < 1.29 is 38.1 Å². The van der Waals surface area contributed by atoms with Gasteiger partial charge in [-0.05, 0) is 50.8 Å². The molecular weight excluding hydrogens is 565 g/mol. The van der Waals surface area contributed by atoms with Crippen molar-refractivity contribution in [3.8, 4) is 18.1 Å². The summed E-state index contributed by atoms with van der Waals surface area (Å²) in [7, 11) is -4.28. The van der Waals surface area contributed by atoms with Gasteiger partial charge >= 0.3 is 13.7 Å². The number of hydrogen-bond donors (Lipinski definition) is 4. The first-order valence-electron chi connectivity index (χ1n) is 13.7. The number of hydrogen-bond acceptors (Lipinski definition) is 11. The van der Waals surface area contributed by atoms with E-state index in [-0.39, 0.29) is 17.7 Å². The number of carbonyl (C=O) groups excluding carboxylic acids is 1. The lowest BCUT2D eigenvalue weighted by atomic mass is 9.95. The number of fused-ring (bicyclic) bond motifs is 1. The zero-order valence-corrected chi connectivity index (χ0v) is 23.9. The molecule has 3 aromatic rings. The summed E-state index contributed by atoms with van der Waals surface area (Å²) in [6, 6.07) is 8.83. The average molecular weight is 600 g/mol. The summed E-state index contributed by atoms with van der Waals surface area (Å²) >= 11 is 0. The summed E-state index contributed by atoms with van der Waals surface area (Å²) in [5, 5.41) is 25.5. The minimum Gasteiger partial charge on any atom is -0.461 e. The smallest absolute Gasteiger partial charge is 0.459 e. The number of benzene rings is 1. The van der Waals surface area contributed by atoms with E-state index in [1.807, 2.05) is 0 Å². The molecule has 2 aromatic heterocycles. The Balaban J connectivity index is 1.33.